The van der Waals surface area contributed by atoms with Gasteiger partial charge in [-0.1, -0.05) is 5.21 Å². The lowest BCUT2D eigenvalue weighted by molar-refractivity contribution is -0.0321. The van der Waals surface area contributed by atoms with Crippen molar-refractivity contribution in [2.75, 3.05) is 13.1 Å². The fourth-order valence-corrected chi connectivity index (χ4v) is 3.93. The first kappa shape index (κ1) is 17.2. The third-order valence-corrected chi connectivity index (χ3v) is 5.49. The number of carbonyl (C=O) groups excluding carboxylic acids is 1. The summed E-state index contributed by atoms with van der Waals surface area (Å²) in [7, 11) is 0. The number of hydrogen-bond donors (Lipinski definition) is 1. The summed E-state index contributed by atoms with van der Waals surface area (Å²) in [4.78, 5) is 14.8. The Hall–Kier alpha value is -2.22. The lowest BCUT2D eigenvalue weighted by atomic mass is 9.89. The van der Waals surface area contributed by atoms with E-state index in [1.54, 1.807) is 22.0 Å². The number of amides is 1. The van der Waals surface area contributed by atoms with Gasteiger partial charge in [0.05, 0.1) is 30.2 Å². The van der Waals surface area contributed by atoms with Crippen molar-refractivity contribution >= 4 is 5.91 Å². The molecule has 4 rings (SSSR count). The molecule has 1 N–H and O–H groups in total. The molecule has 26 heavy (non-hydrogen) atoms. The van der Waals surface area contributed by atoms with Crippen LogP contribution in [0.4, 0.5) is 0 Å². The molecule has 0 radical (unpaired) electrons. The summed E-state index contributed by atoms with van der Waals surface area (Å²) >= 11 is 0. The summed E-state index contributed by atoms with van der Waals surface area (Å²) in [6.45, 7) is 5.80. The minimum atomic E-state index is -1.14. The fourth-order valence-electron chi connectivity index (χ4n) is 3.93. The maximum Gasteiger partial charge on any atom is 0.257 e. The van der Waals surface area contributed by atoms with Crippen molar-refractivity contribution in [2.45, 2.75) is 64.1 Å². The van der Waals surface area contributed by atoms with Crippen LogP contribution >= 0.6 is 0 Å². The third kappa shape index (κ3) is 2.92. The highest BCUT2D eigenvalue weighted by molar-refractivity contribution is 5.95. The number of β-amino-alcohol motifs (C(OH)–C–C–N with tert-alkyl or cyclic N) is 1. The van der Waals surface area contributed by atoms with Gasteiger partial charge in [-0.15, -0.1) is 5.10 Å². The molecule has 2 aromatic rings. The number of aromatic nitrogens is 5. The number of nitrogens with zero attached hydrogens (tertiary/aromatic N) is 6. The molecule has 4 heterocycles. The number of rotatable bonds is 3. The Kier molecular flexibility index (Phi) is 4.30. The molecule has 140 valence electrons. The number of fused-ring (bicyclic) bond motifs is 1. The second kappa shape index (κ2) is 6.50. The Morgan fingerprint density at radius 2 is 2.12 bits per heavy atom. The first-order valence-corrected chi connectivity index (χ1v) is 9.46. The Morgan fingerprint density at radius 3 is 2.88 bits per heavy atom. The number of aliphatic hydroxyl groups is 1. The molecule has 1 saturated heterocycles. The van der Waals surface area contributed by atoms with E-state index in [4.69, 9.17) is 0 Å². The van der Waals surface area contributed by atoms with Crippen molar-refractivity contribution in [3.63, 3.8) is 0 Å². The van der Waals surface area contributed by atoms with Gasteiger partial charge in [-0.05, 0) is 46.0 Å². The van der Waals surface area contributed by atoms with Gasteiger partial charge in [0.2, 0.25) is 0 Å². The molecule has 2 aromatic heterocycles. The van der Waals surface area contributed by atoms with Crippen molar-refractivity contribution in [1.29, 1.82) is 0 Å². The van der Waals surface area contributed by atoms with Crippen LogP contribution in [0, 0.1) is 0 Å². The molecule has 2 aliphatic heterocycles. The third-order valence-electron chi connectivity index (χ3n) is 5.49. The van der Waals surface area contributed by atoms with Gasteiger partial charge in [-0.2, -0.15) is 5.10 Å². The number of likely N-dealkylation sites (tertiary alicyclic amines) is 1. The molecule has 1 fully saturated rings. The van der Waals surface area contributed by atoms with E-state index in [1.807, 2.05) is 18.5 Å². The van der Waals surface area contributed by atoms with Crippen molar-refractivity contribution < 1.29 is 9.90 Å². The molecule has 2 aliphatic rings. The minimum absolute atomic E-state index is 0.0393. The van der Waals surface area contributed by atoms with Gasteiger partial charge in [-0.25, -0.2) is 4.68 Å². The summed E-state index contributed by atoms with van der Waals surface area (Å²) in [5.74, 6) is -0.0393. The second-order valence-electron chi connectivity index (χ2n) is 7.72. The molecular weight excluding hydrogens is 332 g/mol. The molecule has 8 nitrogen and oxygen atoms in total. The summed E-state index contributed by atoms with van der Waals surface area (Å²) in [5, 5.41) is 23.8. The Labute approximate surface area is 152 Å². The van der Waals surface area contributed by atoms with Crippen LogP contribution in [0.1, 0.15) is 67.3 Å². The normalized spacial score (nSPS) is 23.3. The highest BCUT2D eigenvalue weighted by Crippen LogP contribution is 2.32. The Morgan fingerprint density at radius 1 is 1.27 bits per heavy atom. The lowest BCUT2D eigenvalue weighted by Gasteiger charge is -2.38. The van der Waals surface area contributed by atoms with Crippen LogP contribution in [0.2, 0.25) is 0 Å². The maximum atomic E-state index is 13.1. The molecule has 0 unspecified atom stereocenters. The van der Waals surface area contributed by atoms with Crippen molar-refractivity contribution in [1.82, 2.24) is 29.7 Å². The molecule has 0 bridgehead atoms. The van der Waals surface area contributed by atoms with Crippen LogP contribution in [-0.2, 0) is 18.6 Å². The number of carbonyl (C=O) groups is 1. The van der Waals surface area contributed by atoms with E-state index in [0.717, 1.165) is 37.9 Å². The van der Waals surface area contributed by atoms with E-state index in [0.29, 0.717) is 24.2 Å². The smallest absolute Gasteiger partial charge is 0.257 e. The van der Waals surface area contributed by atoms with Gasteiger partial charge in [0.15, 0.2) is 0 Å². The van der Waals surface area contributed by atoms with E-state index in [2.05, 4.69) is 15.4 Å². The van der Waals surface area contributed by atoms with Crippen LogP contribution in [0.3, 0.4) is 0 Å². The molecule has 1 atom stereocenters. The molecular formula is C18H26N6O2. The monoisotopic (exact) mass is 358 g/mol. The van der Waals surface area contributed by atoms with Crippen molar-refractivity contribution in [3.8, 4) is 0 Å². The van der Waals surface area contributed by atoms with E-state index in [1.165, 1.54) is 0 Å². The van der Waals surface area contributed by atoms with Gasteiger partial charge in [-0.3, -0.25) is 9.48 Å². The van der Waals surface area contributed by atoms with Crippen LogP contribution in [0.15, 0.2) is 12.4 Å². The SMILES string of the molecule is CC(C)n1cc([C@@]2(O)CCCN(C(=O)c3cnn4c3CCCC4)C2)nn1. The predicted molar refractivity (Wildman–Crippen MR) is 94.6 cm³/mol. The largest absolute Gasteiger partial charge is 0.382 e. The summed E-state index contributed by atoms with van der Waals surface area (Å²) in [5.41, 5.74) is 1.11. The number of piperidine rings is 1. The van der Waals surface area contributed by atoms with Gasteiger partial charge < -0.3 is 10.0 Å². The first-order valence-electron chi connectivity index (χ1n) is 9.46. The van der Waals surface area contributed by atoms with Crippen molar-refractivity contribution in [3.05, 3.63) is 29.3 Å². The zero-order valence-electron chi connectivity index (χ0n) is 15.4. The molecule has 0 aliphatic carbocycles. The lowest BCUT2D eigenvalue weighted by Crippen LogP contribution is -2.49. The fraction of sp³-hybridized carbons (Fsp3) is 0.667. The first-order chi connectivity index (χ1) is 12.5. The zero-order chi connectivity index (χ0) is 18.3. The van der Waals surface area contributed by atoms with Crippen molar-refractivity contribution in [2.24, 2.45) is 0 Å². The van der Waals surface area contributed by atoms with Crippen LogP contribution in [0.5, 0.6) is 0 Å². The quantitative estimate of drug-likeness (QED) is 0.898. The number of aryl methyl sites for hydroxylation is 1. The average Bonchev–Trinajstić information content (AvgIpc) is 3.29. The highest BCUT2D eigenvalue weighted by Gasteiger charge is 2.40. The molecule has 1 amide bonds. The van der Waals surface area contributed by atoms with E-state index < -0.39 is 5.60 Å². The topological polar surface area (TPSA) is 89.1 Å². The predicted octanol–water partition coefficient (Wildman–Crippen LogP) is 1.52. The Bertz CT molecular complexity index is 810. The van der Waals surface area contributed by atoms with Crippen LogP contribution in [0.25, 0.3) is 0 Å². The number of hydrogen-bond acceptors (Lipinski definition) is 5. The highest BCUT2D eigenvalue weighted by atomic mass is 16.3. The Balaban J connectivity index is 1.56. The zero-order valence-corrected chi connectivity index (χ0v) is 15.4. The molecule has 0 aromatic carbocycles. The van der Waals surface area contributed by atoms with Crippen LogP contribution in [-0.4, -0.2) is 53.8 Å². The van der Waals surface area contributed by atoms with Gasteiger partial charge in [0.1, 0.15) is 11.3 Å². The van der Waals surface area contributed by atoms with E-state index >= 15 is 0 Å². The average molecular weight is 358 g/mol. The van der Waals surface area contributed by atoms with E-state index in [9.17, 15) is 9.90 Å². The maximum absolute atomic E-state index is 13.1. The van der Waals surface area contributed by atoms with E-state index in [-0.39, 0.29) is 18.5 Å². The summed E-state index contributed by atoms with van der Waals surface area (Å²) in [6, 6.07) is 0.181. The minimum Gasteiger partial charge on any atom is -0.382 e. The standard InChI is InChI=1S/C18H26N6O2/c1-13(2)24-11-16(20-21-24)18(26)7-5-8-22(12-18)17(25)14-10-19-23-9-4-3-6-15(14)23/h10-11,13,26H,3-9,12H2,1-2H3/t18-/m1/s1. The molecule has 8 heteroatoms. The summed E-state index contributed by atoms with van der Waals surface area (Å²) in [6.07, 6.45) is 7.89. The van der Waals surface area contributed by atoms with Gasteiger partial charge in [0, 0.05) is 19.1 Å². The van der Waals surface area contributed by atoms with Gasteiger partial charge in [0.25, 0.3) is 5.91 Å². The summed E-state index contributed by atoms with van der Waals surface area (Å²) < 4.78 is 3.68. The van der Waals surface area contributed by atoms with Crippen LogP contribution < -0.4 is 0 Å². The molecule has 0 spiro atoms. The second-order valence-corrected chi connectivity index (χ2v) is 7.72. The molecule has 0 saturated carbocycles. The van der Waals surface area contributed by atoms with Gasteiger partial charge >= 0.3 is 0 Å².